The van der Waals surface area contributed by atoms with Crippen molar-refractivity contribution in [2.75, 3.05) is 33.5 Å². The number of aryl methyl sites for hydroxylation is 1. The number of carbonyl (C=O) groups excluding carboxylic acids is 1. The van der Waals surface area contributed by atoms with Crippen molar-refractivity contribution in [1.82, 2.24) is 9.88 Å². The van der Waals surface area contributed by atoms with Gasteiger partial charge in [0, 0.05) is 26.5 Å². The third kappa shape index (κ3) is 3.55. The number of hydrogen-bond acceptors (Lipinski definition) is 4. The lowest BCUT2D eigenvalue weighted by Gasteiger charge is -2.27. The predicted molar refractivity (Wildman–Crippen MR) is 75.8 cm³/mol. The predicted octanol–water partition coefficient (Wildman–Crippen LogP) is 1.52. The van der Waals surface area contributed by atoms with Crippen LogP contribution in [0.25, 0.3) is 0 Å². The molecule has 0 saturated carbocycles. The van der Waals surface area contributed by atoms with E-state index >= 15 is 0 Å². The van der Waals surface area contributed by atoms with Crippen molar-refractivity contribution in [3.8, 4) is 0 Å². The Kier molecular flexibility index (Phi) is 5.49. The molecule has 2 rings (SSSR count). The van der Waals surface area contributed by atoms with Crippen LogP contribution >= 0.6 is 0 Å². The molecule has 110 valence electrons. The van der Waals surface area contributed by atoms with Crippen LogP contribution in [0.4, 0.5) is 0 Å². The van der Waals surface area contributed by atoms with Gasteiger partial charge < -0.3 is 14.4 Å². The first kappa shape index (κ1) is 14.9. The molecule has 1 amide bonds. The summed E-state index contributed by atoms with van der Waals surface area (Å²) in [5.74, 6) is -0.0344. The minimum Gasteiger partial charge on any atom is -0.383 e. The van der Waals surface area contributed by atoms with Gasteiger partial charge in [-0.3, -0.25) is 9.78 Å². The zero-order chi connectivity index (χ0) is 14.4. The molecule has 2 heterocycles. The number of amides is 1. The summed E-state index contributed by atoms with van der Waals surface area (Å²) in [5, 5.41) is 0. The summed E-state index contributed by atoms with van der Waals surface area (Å²) < 4.78 is 10.5. The highest BCUT2D eigenvalue weighted by Crippen LogP contribution is 2.16. The van der Waals surface area contributed by atoms with Crippen molar-refractivity contribution in [3.63, 3.8) is 0 Å². The molecule has 0 radical (unpaired) electrons. The Bertz CT molecular complexity index is 444. The molecule has 1 unspecified atom stereocenters. The van der Waals surface area contributed by atoms with E-state index in [1.165, 1.54) is 0 Å². The van der Waals surface area contributed by atoms with Gasteiger partial charge in [-0.15, -0.1) is 0 Å². The maximum absolute atomic E-state index is 12.7. The van der Waals surface area contributed by atoms with Crippen LogP contribution in [0.2, 0.25) is 0 Å². The van der Waals surface area contributed by atoms with Crippen LogP contribution in [0, 0.1) is 0 Å². The van der Waals surface area contributed by atoms with Crippen molar-refractivity contribution in [1.29, 1.82) is 0 Å². The van der Waals surface area contributed by atoms with E-state index < -0.39 is 0 Å². The lowest BCUT2D eigenvalue weighted by Crippen LogP contribution is -2.43. The summed E-state index contributed by atoms with van der Waals surface area (Å²) in [6, 6.07) is 3.94. The Hall–Kier alpha value is -1.46. The monoisotopic (exact) mass is 278 g/mol. The van der Waals surface area contributed by atoms with Crippen LogP contribution in [-0.4, -0.2) is 55.3 Å². The first-order valence-corrected chi connectivity index (χ1v) is 7.08. The van der Waals surface area contributed by atoms with Gasteiger partial charge in [-0.25, -0.2) is 0 Å². The number of pyridine rings is 1. The molecule has 1 aliphatic rings. The molecular formula is C15H22N2O3. The Morgan fingerprint density at radius 3 is 3.10 bits per heavy atom. The van der Waals surface area contributed by atoms with Crippen LogP contribution < -0.4 is 0 Å². The van der Waals surface area contributed by atoms with Crippen molar-refractivity contribution in [2.24, 2.45) is 0 Å². The van der Waals surface area contributed by atoms with Crippen molar-refractivity contribution >= 4 is 5.91 Å². The first-order chi connectivity index (χ1) is 9.76. The van der Waals surface area contributed by atoms with Gasteiger partial charge in [-0.2, -0.15) is 0 Å². The molecule has 5 heteroatoms. The Balaban J connectivity index is 2.15. The molecule has 0 bridgehead atoms. The zero-order valence-corrected chi connectivity index (χ0v) is 12.2. The number of rotatable bonds is 6. The lowest BCUT2D eigenvalue weighted by atomic mass is 10.1. The molecule has 0 N–H and O–H groups in total. The Morgan fingerprint density at radius 1 is 1.60 bits per heavy atom. The van der Waals surface area contributed by atoms with Gasteiger partial charge in [-0.05, 0) is 30.5 Å². The van der Waals surface area contributed by atoms with Gasteiger partial charge in [0.05, 0.1) is 19.3 Å². The number of methoxy groups -OCH3 is 1. The fourth-order valence-corrected chi connectivity index (χ4v) is 2.37. The van der Waals surface area contributed by atoms with Crippen molar-refractivity contribution < 1.29 is 14.3 Å². The fourth-order valence-electron chi connectivity index (χ4n) is 2.37. The Morgan fingerprint density at radius 2 is 2.45 bits per heavy atom. The van der Waals surface area contributed by atoms with Gasteiger partial charge in [0.25, 0.3) is 5.91 Å². The summed E-state index contributed by atoms with van der Waals surface area (Å²) >= 11 is 0. The molecular weight excluding hydrogens is 256 g/mol. The second kappa shape index (κ2) is 7.36. The van der Waals surface area contributed by atoms with Crippen molar-refractivity contribution in [2.45, 2.75) is 25.8 Å². The number of aromatic nitrogens is 1. The first-order valence-electron chi connectivity index (χ1n) is 7.08. The average molecular weight is 278 g/mol. The summed E-state index contributed by atoms with van der Waals surface area (Å²) in [6.07, 6.45) is 3.47. The third-order valence-electron chi connectivity index (χ3n) is 3.60. The number of nitrogens with zero attached hydrogens (tertiary/aromatic N) is 2. The van der Waals surface area contributed by atoms with E-state index in [9.17, 15) is 4.79 Å². The van der Waals surface area contributed by atoms with Gasteiger partial charge in [0.2, 0.25) is 0 Å². The second-order valence-corrected chi connectivity index (χ2v) is 4.91. The maximum atomic E-state index is 12.7. The smallest absolute Gasteiger partial charge is 0.272 e. The van der Waals surface area contributed by atoms with E-state index in [1.54, 1.807) is 13.3 Å². The van der Waals surface area contributed by atoms with Crippen LogP contribution in [-0.2, 0) is 15.9 Å². The summed E-state index contributed by atoms with van der Waals surface area (Å²) in [4.78, 5) is 18.7. The van der Waals surface area contributed by atoms with Gasteiger partial charge in [0.1, 0.15) is 5.69 Å². The standard InChI is InChI=1S/C15H22N2O3/c1-3-12-4-6-16-14(10-12)15(18)17(7-9-19-2)13-5-8-20-11-13/h4,6,10,13H,3,5,7-9,11H2,1-2H3. The van der Waals surface area contributed by atoms with E-state index in [1.807, 2.05) is 17.0 Å². The van der Waals surface area contributed by atoms with Crippen LogP contribution in [0.3, 0.4) is 0 Å². The summed E-state index contributed by atoms with van der Waals surface area (Å²) in [5.41, 5.74) is 1.63. The van der Waals surface area contributed by atoms with Crippen LogP contribution in [0.5, 0.6) is 0 Å². The number of hydrogen-bond donors (Lipinski definition) is 0. The minimum atomic E-state index is -0.0344. The number of ether oxygens (including phenoxy) is 2. The normalized spacial score (nSPS) is 18.2. The molecule has 0 aliphatic carbocycles. The molecule has 0 spiro atoms. The maximum Gasteiger partial charge on any atom is 0.272 e. The number of carbonyl (C=O) groups is 1. The van der Waals surface area contributed by atoms with E-state index in [4.69, 9.17) is 9.47 Å². The van der Waals surface area contributed by atoms with E-state index in [2.05, 4.69) is 11.9 Å². The van der Waals surface area contributed by atoms with Crippen LogP contribution in [0.15, 0.2) is 18.3 Å². The van der Waals surface area contributed by atoms with E-state index in [-0.39, 0.29) is 11.9 Å². The second-order valence-electron chi connectivity index (χ2n) is 4.91. The van der Waals surface area contributed by atoms with Crippen LogP contribution in [0.1, 0.15) is 29.4 Å². The lowest BCUT2D eigenvalue weighted by molar-refractivity contribution is 0.0570. The quantitative estimate of drug-likeness (QED) is 0.791. The SMILES string of the molecule is CCc1ccnc(C(=O)N(CCOC)C2CCOC2)c1. The van der Waals surface area contributed by atoms with E-state index in [0.29, 0.717) is 32.1 Å². The highest BCUT2D eigenvalue weighted by atomic mass is 16.5. The molecule has 1 atom stereocenters. The molecule has 1 aliphatic heterocycles. The zero-order valence-electron chi connectivity index (χ0n) is 12.2. The Labute approximate surface area is 119 Å². The highest BCUT2D eigenvalue weighted by Gasteiger charge is 2.28. The third-order valence-corrected chi connectivity index (χ3v) is 3.60. The van der Waals surface area contributed by atoms with Gasteiger partial charge in [-0.1, -0.05) is 6.92 Å². The largest absolute Gasteiger partial charge is 0.383 e. The molecule has 1 aromatic heterocycles. The molecule has 1 aromatic rings. The molecule has 1 fully saturated rings. The highest BCUT2D eigenvalue weighted by molar-refractivity contribution is 5.92. The van der Waals surface area contributed by atoms with Crippen molar-refractivity contribution in [3.05, 3.63) is 29.6 Å². The van der Waals surface area contributed by atoms with Gasteiger partial charge >= 0.3 is 0 Å². The van der Waals surface area contributed by atoms with Gasteiger partial charge in [0.15, 0.2) is 0 Å². The summed E-state index contributed by atoms with van der Waals surface area (Å²) in [7, 11) is 1.64. The fraction of sp³-hybridized carbons (Fsp3) is 0.600. The molecule has 20 heavy (non-hydrogen) atoms. The molecule has 1 saturated heterocycles. The average Bonchev–Trinajstić information content (AvgIpc) is 3.01. The summed E-state index contributed by atoms with van der Waals surface area (Å²) in [6.45, 7) is 4.47. The molecule has 5 nitrogen and oxygen atoms in total. The molecule has 0 aromatic carbocycles. The topological polar surface area (TPSA) is 51.7 Å². The minimum absolute atomic E-state index is 0.0344. The van der Waals surface area contributed by atoms with E-state index in [0.717, 1.165) is 18.4 Å².